The third-order valence-electron chi connectivity index (χ3n) is 6.53. The van der Waals surface area contributed by atoms with E-state index in [9.17, 15) is 14.0 Å². The SMILES string of the molecule is CC(=O)NC1CCC(Oc2cc(F)ccc2C(=O)N2CC(=N)C(c3nc(C)c(Cl)c(C)n3)C2)CC1. The Hall–Kier alpha value is -3.07. The first-order valence-corrected chi connectivity index (χ1v) is 12.1. The third kappa shape index (κ3) is 5.61. The number of hydrogen-bond donors (Lipinski definition) is 2. The average molecular weight is 502 g/mol. The maximum absolute atomic E-state index is 14.1. The zero-order chi connectivity index (χ0) is 25.3. The van der Waals surface area contributed by atoms with Crippen LogP contribution in [0.3, 0.4) is 0 Å². The maximum atomic E-state index is 14.1. The van der Waals surface area contributed by atoms with E-state index < -0.39 is 11.7 Å². The number of likely N-dealkylation sites (tertiary alicyclic amines) is 1. The van der Waals surface area contributed by atoms with Gasteiger partial charge >= 0.3 is 0 Å². The van der Waals surface area contributed by atoms with Gasteiger partial charge in [0.05, 0.1) is 40.5 Å². The molecule has 2 aromatic rings. The Morgan fingerprint density at radius 1 is 1.17 bits per heavy atom. The number of carbonyl (C=O) groups is 2. The number of halogens is 2. The number of rotatable bonds is 5. The van der Waals surface area contributed by atoms with Crippen molar-refractivity contribution in [3.63, 3.8) is 0 Å². The van der Waals surface area contributed by atoms with Crippen LogP contribution in [0, 0.1) is 25.1 Å². The molecule has 1 aliphatic heterocycles. The highest BCUT2D eigenvalue weighted by Crippen LogP contribution is 2.31. The van der Waals surface area contributed by atoms with Crippen LogP contribution in [0.25, 0.3) is 0 Å². The summed E-state index contributed by atoms with van der Waals surface area (Å²) in [6, 6.07) is 4.01. The standard InChI is InChI=1S/C25H29ClFN5O3/c1-13-23(26)14(2)30-24(29-13)20-11-32(12-21(20)28)25(34)19-9-4-16(27)10-22(19)35-18-7-5-17(6-8-18)31-15(3)33/h4,9-10,17-18,20,28H,5-8,11-12H2,1-3H3,(H,31,33). The monoisotopic (exact) mass is 501 g/mol. The first-order valence-electron chi connectivity index (χ1n) is 11.7. The van der Waals surface area contributed by atoms with E-state index >= 15 is 0 Å². The van der Waals surface area contributed by atoms with E-state index in [-0.39, 0.29) is 48.4 Å². The normalized spacial score (nSPS) is 22.3. The lowest BCUT2D eigenvalue weighted by Crippen LogP contribution is -2.38. The highest BCUT2D eigenvalue weighted by molar-refractivity contribution is 6.31. The number of carbonyl (C=O) groups excluding carboxylic acids is 2. The number of ether oxygens (including phenoxy) is 1. The highest BCUT2D eigenvalue weighted by atomic mass is 35.5. The van der Waals surface area contributed by atoms with Gasteiger partial charge < -0.3 is 20.4 Å². The molecule has 2 fully saturated rings. The second-order valence-corrected chi connectivity index (χ2v) is 9.64. The topological polar surface area (TPSA) is 108 Å². The summed E-state index contributed by atoms with van der Waals surface area (Å²) in [5.74, 6) is -0.644. The summed E-state index contributed by atoms with van der Waals surface area (Å²) < 4.78 is 20.2. The van der Waals surface area contributed by atoms with E-state index in [2.05, 4.69) is 15.3 Å². The number of benzene rings is 1. The van der Waals surface area contributed by atoms with Crippen molar-refractivity contribution >= 4 is 29.1 Å². The van der Waals surface area contributed by atoms with Crippen LogP contribution in [0.2, 0.25) is 5.02 Å². The van der Waals surface area contributed by atoms with Gasteiger partial charge in [0.2, 0.25) is 5.91 Å². The van der Waals surface area contributed by atoms with Gasteiger partial charge in [-0.15, -0.1) is 0 Å². The van der Waals surface area contributed by atoms with Gasteiger partial charge in [-0.2, -0.15) is 0 Å². The van der Waals surface area contributed by atoms with E-state index in [0.717, 1.165) is 12.8 Å². The van der Waals surface area contributed by atoms with Crippen molar-refractivity contribution in [2.45, 2.75) is 64.5 Å². The van der Waals surface area contributed by atoms with Crippen molar-refractivity contribution in [2.24, 2.45) is 0 Å². The lowest BCUT2D eigenvalue weighted by molar-refractivity contribution is -0.120. The second kappa shape index (κ2) is 10.3. The molecule has 1 aliphatic carbocycles. The molecule has 186 valence electrons. The van der Waals surface area contributed by atoms with Crippen molar-refractivity contribution in [2.75, 3.05) is 13.1 Å². The van der Waals surface area contributed by atoms with Crippen LogP contribution in [0.5, 0.6) is 5.75 Å². The summed E-state index contributed by atoms with van der Waals surface area (Å²) in [4.78, 5) is 35.1. The van der Waals surface area contributed by atoms with Gasteiger partial charge in [-0.1, -0.05) is 11.6 Å². The predicted molar refractivity (Wildman–Crippen MR) is 130 cm³/mol. The minimum absolute atomic E-state index is 0.0591. The smallest absolute Gasteiger partial charge is 0.257 e. The Morgan fingerprint density at radius 3 is 2.46 bits per heavy atom. The summed E-state index contributed by atoms with van der Waals surface area (Å²) in [5.41, 5.74) is 1.86. The zero-order valence-electron chi connectivity index (χ0n) is 20.0. The van der Waals surface area contributed by atoms with E-state index in [1.165, 1.54) is 25.1 Å². The molecule has 1 aromatic heterocycles. The Morgan fingerprint density at radius 2 is 1.83 bits per heavy atom. The molecule has 0 radical (unpaired) electrons. The number of aromatic nitrogens is 2. The molecule has 0 bridgehead atoms. The van der Waals surface area contributed by atoms with Gasteiger partial charge in [-0.25, -0.2) is 14.4 Å². The van der Waals surface area contributed by atoms with E-state index in [1.54, 1.807) is 18.7 Å². The molecule has 1 saturated heterocycles. The highest BCUT2D eigenvalue weighted by Gasteiger charge is 2.36. The maximum Gasteiger partial charge on any atom is 0.257 e. The molecular formula is C25H29ClFN5O3. The van der Waals surface area contributed by atoms with Crippen molar-refractivity contribution in [1.82, 2.24) is 20.2 Å². The van der Waals surface area contributed by atoms with Gasteiger partial charge in [0.1, 0.15) is 17.4 Å². The quantitative estimate of drug-likeness (QED) is 0.644. The van der Waals surface area contributed by atoms with Gasteiger partial charge in [-0.3, -0.25) is 9.59 Å². The van der Waals surface area contributed by atoms with Gasteiger partial charge in [0, 0.05) is 31.3 Å². The molecule has 2 heterocycles. The van der Waals surface area contributed by atoms with Crippen LogP contribution in [0.15, 0.2) is 18.2 Å². The Kier molecular flexibility index (Phi) is 7.35. The summed E-state index contributed by atoms with van der Waals surface area (Å²) in [6.07, 6.45) is 2.73. The van der Waals surface area contributed by atoms with Crippen molar-refractivity contribution < 1.29 is 18.7 Å². The summed E-state index contributed by atoms with van der Waals surface area (Å²) in [5, 5.41) is 11.9. The van der Waals surface area contributed by atoms with Gasteiger partial charge in [0.25, 0.3) is 5.91 Å². The van der Waals surface area contributed by atoms with E-state index in [1.807, 2.05) is 0 Å². The minimum Gasteiger partial charge on any atom is -0.489 e. The molecular weight excluding hydrogens is 473 g/mol. The molecule has 1 atom stereocenters. The summed E-state index contributed by atoms with van der Waals surface area (Å²) in [6.45, 7) is 5.45. The fraction of sp³-hybridized carbons (Fsp3) is 0.480. The molecule has 0 spiro atoms. The second-order valence-electron chi connectivity index (χ2n) is 9.26. The molecule has 4 rings (SSSR count). The molecule has 35 heavy (non-hydrogen) atoms. The van der Waals surface area contributed by atoms with E-state index in [4.69, 9.17) is 21.7 Å². The van der Waals surface area contributed by atoms with Gasteiger partial charge in [-0.05, 0) is 51.7 Å². The van der Waals surface area contributed by atoms with Gasteiger partial charge in [0.15, 0.2) is 0 Å². The fourth-order valence-corrected chi connectivity index (χ4v) is 4.80. The Balaban J connectivity index is 1.48. The molecule has 1 saturated carbocycles. The number of amides is 2. The first kappa shape index (κ1) is 25.0. The molecule has 2 N–H and O–H groups in total. The number of hydrogen-bond acceptors (Lipinski definition) is 6. The van der Waals surface area contributed by atoms with Crippen LogP contribution < -0.4 is 10.1 Å². The fourth-order valence-electron chi connectivity index (χ4n) is 4.72. The van der Waals surface area contributed by atoms with Crippen LogP contribution in [-0.2, 0) is 4.79 Å². The molecule has 2 aliphatic rings. The van der Waals surface area contributed by atoms with E-state index in [0.29, 0.717) is 40.8 Å². The van der Waals surface area contributed by atoms with Crippen LogP contribution in [0.4, 0.5) is 4.39 Å². The first-order chi connectivity index (χ1) is 16.6. The summed E-state index contributed by atoms with van der Waals surface area (Å²) >= 11 is 6.19. The average Bonchev–Trinajstić information content (AvgIpc) is 3.19. The van der Waals surface area contributed by atoms with Crippen molar-refractivity contribution in [3.8, 4) is 5.75 Å². The Labute approximate surface area is 208 Å². The predicted octanol–water partition coefficient (Wildman–Crippen LogP) is 3.97. The zero-order valence-corrected chi connectivity index (χ0v) is 20.8. The Bertz CT molecular complexity index is 1140. The third-order valence-corrected chi connectivity index (χ3v) is 7.08. The largest absolute Gasteiger partial charge is 0.489 e. The molecule has 1 unspecified atom stereocenters. The number of nitrogens with zero attached hydrogens (tertiary/aromatic N) is 3. The van der Waals surface area contributed by atoms with Crippen LogP contribution in [-0.4, -0.2) is 57.6 Å². The molecule has 1 aromatic carbocycles. The van der Waals surface area contributed by atoms with Crippen molar-refractivity contribution in [3.05, 3.63) is 51.8 Å². The number of nitrogens with one attached hydrogen (secondary N) is 2. The summed E-state index contributed by atoms with van der Waals surface area (Å²) in [7, 11) is 0. The number of aryl methyl sites for hydroxylation is 2. The molecule has 2 amide bonds. The van der Waals surface area contributed by atoms with Crippen LogP contribution in [0.1, 0.15) is 66.1 Å². The van der Waals surface area contributed by atoms with Crippen molar-refractivity contribution in [1.29, 1.82) is 5.41 Å². The minimum atomic E-state index is -0.490. The molecule has 8 nitrogen and oxygen atoms in total. The lowest BCUT2D eigenvalue weighted by Gasteiger charge is -2.30. The van der Waals surface area contributed by atoms with Crippen LogP contribution >= 0.6 is 11.6 Å². The lowest BCUT2D eigenvalue weighted by atomic mass is 9.93. The molecule has 10 heteroatoms.